The van der Waals surface area contributed by atoms with Gasteiger partial charge >= 0.3 is 0 Å². The molecule has 3 rings (SSSR count). The molecule has 132 valence electrons. The van der Waals surface area contributed by atoms with Crippen molar-refractivity contribution in [3.8, 4) is 0 Å². The van der Waals surface area contributed by atoms with Crippen molar-refractivity contribution in [2.24, 2.45) is 0 Å². The van der Waals surface area contributed by atoms with Crippen LogP contribution in [0.25, 0.3) is 5.76 Å². The minimum atomic E-state index is -3.84. The molecule has 1 aromatic carbocycles. The molecule has 0 atom stereocenters. The molecule has 1 aromatic heterocycles. The minimum Gasteiger partial charge on any atom is -0.488 e. The molecule has 0 radical (unpaired) electrons. The number of likely N-dealkylation sites (N-methyl/N-ethyl adjacent to an activating group) is 1. The molecule has 0 saturated heterocycles. The van der Waals surface area contributed by atoms with E-state index in [4.69, 9.17) is 4.74 Å². The first-order valence-electron chi connectivity index (χ1n) is 7.52. The Hall–Kier alpha value is -2.39. The first-order chi connectivity index (χ1) is 11.8. The van der Waals surface area contributed by atoms with Crippen molar-refractivity contribution in [1.82, 2.24) is 9.29 Å². The molecule has 7 nitrogen and oxygen atoms in total. The van der Waals surface area contributed by atoms with E-state index in [2.05, 4.69) is 10.3 Å². The number of carbonyl (C=O) groups is 1. The highest BCUT2D eigenvalue weighted by Gasteiger charge is 2.39. The average molecular weight is 379 g/mol. The number of fused-ring (bicyclic) bond motifs is 1. The molecular weight excluding hydrogens is 362 g/mol. The molecule has 25 heavy (non-hydrogen) atoms. The second kappa shape index (κ2) is 6.49. The van der Waals surface area contributed by atoms with Crippen LogP contribution in [0.3, 0.4) is 0 Å². The number of carbonyl (C=O) groups excluding carboxylic acids is 1. The van der Waals surface area contributed by atoms with Gasteiger partial charge in [-0.2, -0.15) is 0 Å². The standard InChI is InChI=1S/C16H17N3O4S2/c1-10(2)23-14-11-6-4-5-7-12(11)25(21,22)19(3)13(14)15(20)18-16-17-8-9-24-16/h4-10H,1-3H3,(H,17,18,20). The lowest BCUT2D eigenvalue weighted by atomic mass is 10.1. The van der Waals surface area contributed by atoms with Crippen LogP contribution in [0.1, 0.15) is 19.4 Å². The van der Waals surface area contributed by atoms with E-state index in [9.17, 15) is 13.2 Å². The maximum atomic E-state index is 12.8. The maximum absolute atomic E-state index is 12.8. The number of nitrogens with zero attached hydrogens (tertiary/aromatic N) is 2. The normalized spacial score (nSPS) is 15.9. The lowest BCUT2D eigenvalue weighted by Gasteiger charge is -2.31. The first kappa shape index (κ1) is 17.4. The molecule has 0 saturated carbocycles. The highest BCUT2D eigenvalue weighted by molar-refractivity contribution is 7.89. The number of ether oxygens (including phenoxy) is 1. The van der Waals surface area contributed by atoms with Crippen LogP contribution < -0.4 is 5.32 Å². The second-order valence-corrected chi connectivity index (χ2v) is 8.44. The van der Waals surface area contributed by atoms with Crippen molar-refractivity contribution in [3.63, 3.8) is 0 Å². The van der Waals surface area contributed by atoms with Crippen LogP contribution in [0.2, 0.25) is 0 Å². The van der Waals surface area contributed by atoms with Gasteiger partial charge in [-0.15, -0.1) is 11.3 Å². The predicted octanol–water partition coefficient (Wildman–Crippen LogP) is 2.51. The smallest absolute Gasteiger partial charge is 0.278 e. The number of aromatic nitrogens is 1. The van der Waals surface area contributed by atoms with Crippen molar-refractivity contribution >= 4 is 38.2 Å². The molecule has 0 spiro atoms. The number of hydrogen-bond acceptors (Lipinski definition) is 6. The Balaban J connectivity index is 2.18. The molecule has 0 bridgehead atoms. The highest BCUT2D eigenvalue weighted by atomic mass is 32.2. The van der Waals surface area contributed by atoms with Crippen LogP contribution in [0.4, 0.5) is 5.13 Å². The fraction of sp³-hybridized carbons (Fsp3) is 0.250. The molecule has 2 heterocycles. The van der Waals surface area contributed by atoms with Crippen LogP contribution in [-0.2, 0) is 19.6 Å². The van der Waals surface area contributed by atoms with E-state index in [0.29, 0.717) is 10.7 Å². The monoisotopic (exact) mass is 379 g/mol. The summed E-state index contributed by atoms with van der Waals surface area (Å²) in [6.07, 6.45) is 1.32. The zero-order chi connectivity index (χ0) is 18.2. The fourth-order valence-electron chi connectivity index (χ4n) is 2.46. The van der Waals surface area contributed by atoms with Gasteiger partial charge in [0, 0.05) is 24.2 Å². The van der Waals surface area contributed by atoms with Crippen molar-refractivity contribution in [3.05, 3.63) is 47.1 Å². The van der Waals surface area contributed by atoms with Gasteiger partial charge in [0.1, 0.15) is 0 Å². The Morgan fingerprint density at radius 1 is 1.32 bits per heavy atom. The summed E-state index contributed by atoms with van der Waals surface area (Å²) in [6.45, 7) is 3.63. The number of benzene rings is 1. The van der Waals surface area contributed by atoms with Crippen molar-refractivity contribution in [2.45, 2.75) is 24.8 Å². The Labute approximate surface area is 150 Å². The Morgan fingerprint density at radius 3 is 2.68 bits per heavy atom. The predicted molar refractivity (Wildman–Crippen MR) is 95.3 cm³/mol. The third kappa shape index (κ3) is 3.12. The summed E-state index contributed by atoms with van der Waals surface area (Å²) < 4.78 is 32.4. The quantitative estimate of drug-likeness (QED) is 0.882. The third-order valence-corrected chi connectivity index (χ3v) is 6.03. The lowest BCUT2D eigenvalue weighted by Crippen LogP contribution is -2.38. The van der Waals surface area contributed by atoms with Gasteiger partial charge in [0.25, 0.3) is 15.9 Å². The number of rotatable bonds is 4. The molecule has 2 aromatic rings. The molecular formula is C16H17N3O4S2. The van der Waals surface area contributed by atoms with Crippen molar-refractivity contribution < 1.29 is 17.9 Å². The SMILES string of the molecule is CC(C)OC1=C(C(=O)Nc2nccs2)N(C)S(=O)(=O)c2ccccc21. The Kier molecular flexibility index (Phi) is 4.53. The summed E-state index contributed by atoms with van der Waals surface area (Å²) in [7, 11) is -2.51. The number of thiazole rings is 1. The zero-order valence-corrected chi connectivity index (χ0v) is 15.5. The number of nitrogens with one attached hydrogen (secondary N) is 1. The van der Waals surface area contributed by atoms with Gasteiger partial charge in [-0.25, -0.2) is 13.4 Å². The molecule has 1 N–H and O–H groups in total. The maximum Gasteiger partial charge on any atom is 0.278 e. The van der Waals surface area contributed by atoms with Crippen LogP contribution >= 0.6 is 11.3 Å². The van der Waals surface area contributed by atoms with E-state index in [1.54, 1.807) is 29.8 Å². The van der Waals surface area contributed by atoms with Gasteiger partial charge in [0.2, 0.25) is 0 Å². The van der Waals surface area contributed by atoms with E-state index in [1.807, 2.05) is 13.8 Å². The molecule has 0 unspecified atom stereocenters. The van der Waals surface area contributed by atoms with Gasteiger partial charge in [-0.1, -0.05) is 12.1 Å². The fourth-order valence-corrected chi connectivity index (χ4v) is 4.37. The summed E-state index contributed by atoms with van der Waals surface area (Å²) in [5.74, 6) is -0.358. The molecule has 1 amide bonds. The van der Waals surface area contributed by atoms with Crippen molar-refractivity contribution in [2.75, 3.05) is 12.4 Å². The first-order valence-corrected chi connectivity index (χ1v) is 9.84. The molecule has 0 fully saturated rings. The number of sulfonamides is 1. The lowest BCUT2D eigenvalue weighted by molar-refractivity contribution is -0.113. The van der Waals surface area contributed by atoms with Crippen molar-refractivity contribution in [1.29, 1.82) is 0 Å². The number of amides is 1. The molecule has 0 aliphatic carbocycles. The summed E-state index contributed by atoms with van der Waals surface area (Å²) in [5.41, 5.74) is 0.307. The topological polar surface area (TPSA) is 88.6 Å². The Morgan fingerprint density at radius 2 is 2.04 bits per heavy atom. The van der Waals surface area contributed by atoms with Gasteiger partial charge in [-0.05, 0) is 26.0 Å². The molecule has 1 aliphatic rings. The van der Waals surface area contributed by atoms with Gasteiger partial charge in [0.05, 0.1) is 11.0 Å². The molecule has 1 aliphatic heterocycles. The average Bonchev–Trinajstić information content (AvgIpc) is 3.05. The summed E-state index contributed by atoms with van der Waals surface area (Å²) in [6, 6.07) is 6.48. The van der Waals surface area contributed by atoms with E-state index in [1.165, 1.54) is 24.5 Å². The van der Waals surface area contributed by atoms with E-state index in [-0.39, 0.29) is 22.5 Å². The van der Waals surface area contributed by atoms with Crippen LogP contribution in [-0.4, -0.2) is 36.8 Å². The number of anilines is 1. The minimum absolute atomic E-state index is 0.0670. The van der Waals surface area contributed by atoms with E-state index >= 15 is 0 Å². The van der Waals surface area contributed by atoms with Gasteiger partial charge < -0.3 is 4.74 Å². The summed E-state index contributed by atoms with van der Waals surface area (Å²) in [5, 5.41) is 4.71. The van der Waals surface area contributed by atoms with E-state index in [0.717, 1.165) is 4.31 Å². The second-order valence-electron chi connectivity index (χ2n) is 5.60. The van der Waals surface area contributed by atoms with Gasteiger partial charge in [-0.3, -0.25) is 14.4 Å². The van der Waals surface area contributed by atoms with E-state index < -0.39 is 15.9 Å². The third-order valence-electron chi connectivity index (χ3n) is 3.52. The highest BCUT2D eigenvalue weighted by Crippen LogP contribution is 2.37. The summed E-state index contributed by atoms with van der Waals surface area (Å²) in [4.78, 5) is 16.9. The largest absolute Gasteiger partial charge is 0.488 e. The summed E-state index contributed by atoms with van der Waals surface area (Å²) >= 11 is 1.24. The van der Waals surface area contributed by atoms with Crippen LogP contribution in [0.5, 0.6) is 0 Å². The number of hydrogen-bond donors (Lipinski definition) is 1. The zero-order valence-electron chi connectivity index (χ0n) is 13.9. The van der Waals surface area contributed by atoms with Gasteiger partial charge in [0.15, 0.2) is 16.6 Å². The Bertz CT molecular complexity index is 934. The molecule has 9 heteroatoms. The van der Waals surface area contributed by atoms with Crippen LogP contribution in [0.15, 0.2) is 46.4 Å². The van der Waals surface area contributed by atoms with Crippen LogP contribution in [0, 0.1) is 0 Å².